The van der Waals surface area contributed by atoms with E-state index in [1.54, 1.807) is 17.0 Å². The molecule has 0 aliphatic heterocycles. The zero-order valence-corrected chi connectivity index (χ0v) is 15.9. The maximum atomic E-state index is 12.9. The van der Waals surface area contributed by atoms with E-state index in [-0.39, 0.29) is 5.91 Å². The molecule has 3 aromatic rings. The fraction of sp³-hybridized carbons (Fsp3) is 0.333. The van der Waals surface area contributed by atoms with Gasteiger partial charge in [0.15, 0.2) is 10.9 Å². The zero-order chi connectivity index (χ0) is 17.8. The standard InChI is InChI=1S/C18H20ClN3O2S/c1-3-21(4-2)10-11-22(17(23)14-8-6-12-24-14)18-20-16-13(19)7-5-9-15(16)25-18/h5-9,12H,3-4,10-11H2,1-2H3/p+1. The van der Waals surface area contributed by atoms with Crippen molar-refractivity contribution in [3.05, 3.63) is 47.4 Å². The van der Waals surface area contributed by atoms with E-state index in [0.29, 0.717) is 22.5 Å². The van der Waals surface area contributed by atoms with Gasteiger partial charge in [-0.15, -0.1) is 0 Å². The van der Waals surface area contributed by atoms with E-state index in [9.17, 15) is 4.79 Å². The number of rotatable bonds is 7. The average Bonchev–Trinajstić information content (AvgIpc) is 3.28. The van der Waals surface area contributed by atoms with Crippen molar-refractivity contribution >= 4 is 44.2 Å². The van der Waals surface area contributed by atoms with Crippen molar-refractivity contribution in [2.24, 2.45) is 0 Å². The molecular formula is C18H21ClN3O2S+. The highest BCUT2D eigenvalue weighted by molar-refractivity contribution is 7.22. The van der Waals surface area contributed by atoms with Gasteiger partial charge in [-0.3, -0.25) is 9.69 Å². The maximum absolute atomic E-state index is 12.9. The van der Waals surface area contributed by atoms with Crippen LogP contribution >= 0.6 is 22.9 Å². The van der Waals surface area contributed by atoms with E-state index in [4.69, 9.17) is 16.0 Å². The number of hydrogen-bond acceptors (Lipinski definition) is 4. The summed E-state index contributed by atoms with van der Waals surface area (Å²) in [5.41, 5.74) is 0.733. The number of thiazole rings is 1. The number of benzene rings is 1. The molecule has 2 heterocycles. The molecule has 7 heteroatoms. The largest absolute Gasteiger partial charge is 0.459 e. The molecule has 0 saturated carbocycles. The van der Waals surface area contributed by atoms with Crippen LogP contribution in [0.4, 0.5) is 5.13 Å². The highest BCUT2D eigenvalue weighted by Crippen LogP contribution is 2.33. The van der Waals surface area contributed by atoms with Gasteiger partial charge in [0.05, 0.1) is 42.2 Å². The number of aromatic nitrogens is 1. The lowest BCUT2D eigenvalue weighted by Crippen LogP contribution is -3.12. The maximum Gasteiger partial charge on any atom is 0.295 e. The molecule has 0 aliphatic rings. The number of fused-ring (bicyclic) bond motifs is 1. The average molecular weight is 379 g/mol. The summed E-state index contributed by atoms with van der Waals surface area (Å²) in [6.45, 7) is 7.76. The topological polar surface area (TPSA) is 50.8 Å². The minimum absolute atomic E-state index is 0.174. The van der Waals surface area contributed by atoms with E-state index < -0.39 is 0 Å². The highest BCUT2D eigenvalue weighted by atomic mass is 35.5. The number of quaternary nitrogens is 1. The number of furan rings is 1. The molecule has 25 heavy (non-hydrogen) atoms. The van der Waals surface area contributed by atoms with Gasteiger partial charge in [0.25, 0.3) is 5.91 Å². The molecular weight excluding hydrogens is 358 g/mol. The van der Waals surface area contributed by atoms with Crippen LogP contribution in [0.25, 0.3) is 10.2 Å². The number of anilines is 1. The first kappa shape index (κ1) is 17.9. The van der Waals surface area contributed by atoms with Crippen molar-refractivity contribution in [3.63, 3.8) is 0 Å². The molecule has 1 N–H and O–H groups in total. The van der Waals surface area contributed by atoms with Crippen molar-refractivity contribution in [1.82, 2.24) is 4.98 Å². The molecule has 0 spiro atoms. The van der Waals surface area contributed by atoms with E-state index in [2.05, 4.69) is 18.8 Å². The normalized spacial score (nSPS) is 11.4. The van der Waals surface area contributed by atoms with Gasteiger partial charge in [0, 0.05) is 0 Å². The summed E-state index contributed by atoms with van der Waals surface area (Å²) in [5, 5.41) is 1.25. The third-order valence-electron chi connectivity index (χ3n) is 4.26. The van der Waals surface area contributed by atoms with Gasteiger partial charge in [-0.1, -0.05) is 29.0 Å². The highest BCUT2D eigenvalue weighted by Gasteiger charge is 2.24. The zero-order valence-electron chi connectivity index (χ0n) is 14.3. The lowest BCUT2D eigenvalue weighted by Gasteiger charge is -2.22. The number of carbonyl (C=O) groups is 1. The molecule has 5 nitrogen and oxygen atoms in total. The van der Waals surface area contributed by atoms with Crippen LogP contribution in [0.1, 0.15) is 24.4 Å². The first-order valence-corrected chi connectivity index (χ1v) is 9.57. The molecule has 0 radical (unpaired) electrons. The van der Waals surface area contributed by atoms with Crippen LogP contribution in [0.3, 0.4) is 0 Å². The van der Waals surface area contributed by atoms with E-state index >= 15 is 0 Å². The van der Waals surface area contributed by atoms with Crippen LogP contribution in [0.15, 0.2) is 41.0 Å². The Hall–Kier alpha value is -1.89. The van der Waals surface area contributed by atoms with Crippen molar-refractivity contribution < 1.29 is 14.1 Å². The second-order valence-electron chi connectivity index (χ2n) is 5.72. The van der Waals surface area contributed by atoms with Gasteiger partial charge >= 0.3 is 0 Å². The Labute approximate surface area is 155 Å². The molecule has 0 unspecified atom stereocenters. The quantitative estimate of drug-likeness (QED) is 0.687. The Balaban J connectivity index is 1.94. The summed E-state index contributed by atoms with van der Waals surface area (Å²) >= 11 is 7.72. The molecule has 0 aliphatic carbocycles. The minimum Gasteiger partial charge on any atom is -0.459 e. The second kappa shape index (κ2) is 7.99. The Morgan fingerprint density at radius 1 is 1.28 bits per heavy atom. The number of amides is 1. The minimum atomic E-state index is -0.174. The number of carbonyl (C=O) groups excluding carboxylic acids is 1. The third-order valence-corrected chi connectivity index (χ3v) is 5.60. The predicted octanol–water partition coefficient (Wildman–Crippen LogP) is 3.11. The van der Waals surface area contributed by atoms with Gasteiger partial charge in [-0.05, 0) is 38.1 Å². The van der Waals surface area contributed by atoms with Crippen LogP contribution in [0.2, 0.25) is 5.02 Å². The van der Waals surface area contributed by atoms with Crippen LogP contribution in [0, 0.1) is 0 Å². The van der Waals surface area contributed by atoms with E-state index in [1.807, 2.05) is 18.2 Å². The monoisotopic (exact) mass is 378 g/mol. The number of halogens is 1. The first-order chi connectivity index (χ1) is 12.1. The number of nitrogens with one attached hydrogen (secondary N) is 1. The van der Waals surface area contributed by atoms with Crippen LogP contribution in [-0.4, -0.2) is 37.1 Å². The van der Waals surface area contributed by atoms with Crippen molar-refractivity contribution in [2.45, 2.75) is 13.8 Å². The molecule has 3 rings (SSSR count). The van der Waals surface area contributed by atoms with Gasteiger partial charge in [0.1, 0.15) is 5.52 Å². The third kappa shape index (κ3) is 3.86. The molecule has 132 valence electrons. The Morgan fingerprint density at radius 2 is 2.08 bits per heavy atom. The lowest BCUT2D eigenvalue weighted by atomic mass is 10.3. The summed E-state index contributed by atoms with van der Waals surface area (Å²) in [5.74, 6) is 0.145. The smallest absolute Gasteiger partial charge is 0.295 e. The van der Waals surface area contributed by atoms with Crippen LogP contribution < -0.4 is 9.80 Å². The van der Waals surface area contributed by atoms with Crippen molar-refractivity contribution in [3.8, 4) is 0 Å². The fourth-order valence-corrected chi connectivity index (χ4v) is 4.00. The Kier molecular flexibility index (Phi) is 5.73. The molecule has 0 atom stereocenters. The van der Waals surface area contributed by atoms with Crippen molar-refractivity contribution in [1.29, 1.82) is 0 Å². The summed E-state index contributed by atoms with van der Waals surface area (Å²) in [4.78, 5) is 20.7. The van der Waals surface area contributed by atoms with Gasteiger partial charge in [0.2, 0.25) is 0 Å². The lowest BCUT2D eigenvalue weighted by molar-refractivity contribution is -0.894. The number of hydrogen-bond donors (Lipinski definition) is 1. The molecule has 2 aromatic heterocycles. The summed E-state index contributed by atoms with van der Waals surface area (Å²) in [6.07, 6.45) is 1.51. The first-order valence-electron chi connectivity index (χ1n) is 8.38. The predicted molar refractivity (Wildman–Crippen MR) is 102 cm³/mol. The van der Waals surface area contributed by atoms with E-state index in [0.717, 1.165) is 29.9 Å². The summed E-state index contributed by atoms with van der Waals surface area (Å²) in [7, 11) is 0. The summed E-state index contributed by atoms with van der Waals surface area (Å²) < 4.78 is 6.28. The van der Waals surface area contributed by atoms with Crippen LogP contribution in [-0.2, 0) is 0 Å². The van der Waals surface area contributed by atoms with Gasteiger partial charge < -0.3 is 9.32 Å². The number of nitrogens with zero attached hydrogens (tertiary/aromatic N) is 2. The Morgan fingerprint density at radius 3 is 2.72 bits per heavy atom. The number of likely N-dealkylation sites (N-methyl/N-ethyl adjacent to an activating group) is 1. The van der Waals surface area contributed by atoms with Gasteiger partial charge in [-0.2, -0.15) is 0 Å². The summed E-state index contributed by atoms with van der Waals surface area (Å²) in [6, 6.07) is 9.07. The molecule has 1 aromatic carbocycles. The van der Waals surface area contributed by atoms with E-state index in [1.165, 1.54) is 22.5 Å². The SMILES string of the molecule is CC[NH+](CC)CCN(C(=O)c1ccco1)c1nc2c(Cl)cccc2s1. The van der Waals surface area contributed by atoms with Gasteiger partial charge in [-0.25, -0.2) is 4.98 Å². The Bertz CT molecular complexity index is 843. The number of para-hydroxylation sites is 1. The molecule has 1 amide bonds. The molecule has 0 fully saturated rings. The fourth-order valence-electron chi connectivity index (χ4n) is 2.71. The second-order valence-corrected chi connectivity index (χ2v) is 7.14. The van der Waals surface area contributed by atoms with Crippen molar-refractivity contribution in [2.75, 3.05) is 31.1 Å². The molecule has 0 saturated heterocycles. The molecule has 0 bridgehead atoms. The van der Waals surface area contributed by atoms with Crippen LogP contribution in [0.5, 0.6) is 0 Å².